The molecule has 2 aromatic carbocycles. The minimum atomic E-state index is -1.94. The molecular weight excluding hydrogens is 1550 g/mol. The van der Waals surface area contributed by atoms with E-state index in [-0.39, 0.29) is 275 Å². The van der Waals surface area contributed by atoms with Gasteiger partial charge in [0.05, 0.1) is 156 Å². The van der Waals surface area contributed by atoms with Gasteiger partial charge in [-0.2, -0.15) is 0 Å². The fourth-order valence-electron chi connectivity index (χ4n) is 11.1. The molecule has 2 fully saturated rings. The molecule has 39 nitrogen and oxygen atoms in total. The van der Waals surface area contributed by atoms with Gasteiger partial charge in [-0.25, -0.2) is 10.7 Å². The predicted molar refractivity (Wildman–Crippen MR) is 405 cm³/mol. The van der Waals surface area contributed by atoms with Gasteiger partial charge in [0.25, 0.3) is 0 Å². The summed E-state index contributed by atoms with van der Waals surface area (Å²) in [5, 5.41) is 76.0. The van der Waals surface area contributed by atoms with Crippen LogP contribution in [0.3, 0.4) is 0 Å². The summed E-state index contributed by atoms with van der Waals surface area (Å²) in [7, 11) is 0. The number of amides is 2. The molecule has 0 unspecified atom stereocenters. The summed E-state index contributed by atoms with van der Waals surface area (Å²) in [4.78, 5) is 131. The van der Waals surface area contributed by atoms with E-state index in [0.29, 0.717) is 50.0 Å². The Morgan fingerprint density at radius 3 is 1.28 bits per heavy atom. The smallest absolute Gasteiger partial charge is 0.335 e. The lowest BCUT2D eigenvalue weighted by Crippen LogP contribution is -2.61. The number of carbonyl (C=O) groups is 10. The highest BCUT2D eigenvalue weighted by Gasteiger charge is 2.48. The normalized spacial score (nSPS) is 19.4. The molecule has 664 valence electrons. The predicted octanol–water partition coefficient (Wildman–Crippen LogP) is -0.0717. The molecule has 117 heavy (non-hydrogen) atoms. The molecule has 4 rings (SSSR count). The van der Waals surface area contributed by atoms with Crippen molar-refractivity contribution in [3.8, 4) is 11.5 Å². The molecule has 0 bridgehead atoms. The van der Waals surface area contributed by atoms with E-state index in [1.807, 2.05) is 0 Å². The van der Waals surface area contributed by atoms with Gasteiger partial charge in [0.15, 0.2) is 35.0 Å². The number of rotatable bonds is 70. The van der Waals surface area contributed by atoms with Crippen molar-refractivity contribution in [1.29, 1.82) is 0 Å². The molecule has 2 aliphatic heterocycles. The standard InChI is InChI=1S/C78H121N3O36/c1-51(42-57(84)48-109-38-36-106-34-32-104-30-29-103-26-23-100-20-8-12-63(87)60-45-56(47-112-54(4)83)15-17-67(60)116-78-72(94)69(91)70(92)73(117-78)76(97)98)74(95)80-18-6-5-10-61(64(88)13-9-21-101-24-27-108-40-41-114-79)81-75(96)52(2)43-58(85)49-110-39-37-107-35-33-105-31-28-102-25-22-99-19-7-11-62(86)59-44-55(46-111-53(3)82)14-16-66(59)115-77-71(93)68(90)65(89)50-113-77/h14-17,44-45,51-52,61,65,68-73,77-78,89-94H,5-13,18-43,46-50,79H2,1-4H3,(H,80,95)(H,81,96)(H,97,98)/t51-,52-,61+,65-,68+,69+,70+,71-,72-,73+,77+,78-/m1/s1. The number of hydrogen-bond acceptors (Lipinski definition) is 36. The highest BCUT2D eigenvalue weighted by molar-refractivity contribution is 5.99. The van der Waals surface area contributed by atoms with Gasteiger partial charge >= 0.3 is 17.9 Å². The van der Waals surface area contributed by atoms with E-state index in [2.05, 4.69) is 15.5 Å². The molecule has 2 aliphatic rings. The summed E-state index contributed by atoms with van der Waals surface area (Å²) < 4.78 is 98.3. The van der Waals surface area contributed by atoms with Crippen molar-refractivity contribution < 1.29 is 174 Å². The first-order valence-electron chi connectivity index (χ1n) is 39.2. The van der Waals surface area contributed by atoms with Gasteiger partial charge in [0.1, 0.15) is 74.6 Å². The number of esters is 2. The monoisotopic (exact) mass is 1680 g/mol. The van der Waals surface area contributed by atoms with E-state index in [4.69, 9.17) is 91.2 Å². The zero-order valence-corrected chi connectivity index (χ0v) is 67.2. The Hall–Kier alpha value is -7.14. The average Bonchev–Trinajstić information content (AvgIpc) is 0.801. The van der Waals surface area contributed by atoms with E-state index in [9.17, 15) is 83.7 Å². The molecule has 0 aromatic heterocycles. The van der Waals surface area contributed by atoms with Crippen LogP contribution in [0.2, 0.25) is 0 Å². The highest BCUT2D eigenvalue weighted by Crippen LogP contribution is 2.31. The SMILES string of the molecule is CC(=O)OCc1ccc(O[C@@H]2O[C@H](C(=O)O)[C@@H](O)[C@H](O)[C@H]2O)c(C(=O)CCCOCCOCCOCCOCCOCC(=O)C[C@@H](C)C(=O)NCCCC[C@H](NC(=O)[C@H](C)CC(=O)COCCOCCOCCOCCOCCCC(=O)c2cc(COC(C)=O)ccc2O[C@@H]2OC[C@@H](O)[C@H](O)[C@H]2O)C(=O)CCCOCCOCCON)c1. The molecule has 2 aromatic rings. The number of aliphatic hydroxyl groups is 6. The number of ketones is 5. The second-order valence-electron chi connectivity index (χ2n) is 27.3. The number of nitrogens with one attached hydrogen (secondary N) is 2. The lowest BCUT2D eigenvalue weighted by atomic mass is 9.98. The van der Waals surface area contributed by atoms with Crippen LogP contribution < -0.4 is 26.0 Å². The molecule has 0 spiro atoms. The highest BCUT2D eigenvalue weighted by atomic mass is 16.7. The topological polar surface area (TPSA) is 538 Å². The first-order chi connectivity index (χ1) is 56.3. The van der Waals surface area contributed by atoms with Crippen LogP contribution in [0.1, 0.15) is 130 Å². The number of nitrogens with two attached hydrogens (primary N) is 1. The van der Waals surface area contributed by atoms with Gasteiger partial charge in [-0.15, -0.1) is 0 Å². The third-order valence-corrected chi connectivity index (χ3v) is 17.5. The molecule has 39 heteroatoms. The van der Waals surface area contributed by atoms with Crippen LogP contribution in [0, 0.1) is 11.8 Å². The van der Waals surface area contributed by atoms with Crippen LogP contribution in [-0.2, 0) is 132 Å². The maximum Gasteiger partial charge on any atom is 0.335 e. The van der Waals surface area contributed by atoms with E-state index < -0.39 is 103 Å². The van der Waals surface area contributed by atoms with Crippen LogP contribution in [0.5, 0.6) is 11.5 Å². The number of benzene rings is 2. The van der Waals surface area contributed by atoms with Crippen LogP contribution in [0.15, 0.2) is 36.4 Å². The Morgan fingerprint density at radius 2 is 0.855 bits per heavy atom. The summed E-state index contributed by atoms with van der Waals surface area (Å²) in [5.74, 6) is -1.53. The molecule has 11 N–H and O–H groups in total. The van der Waals surface area contributed by atoms with Crippen LogP contribution >= 0.6 is 0 Å². The summed E-state index contributed by atoms with van der Waals surface area (Å²) in [6.45, 7) is 10.5. The van der Waals surface area contributed by atoms with Gasteiger partial charge in [-0.3, -0.25) is 43.2 Å². The van der Waals surface area contributed by atoms with Crippen molar-refractivity contribution >= 4 is 58.6 Å². The number of aliphatic hydroxyl groups excluding tert-OH is 6. The van der Waals surface area contributed by atoms with Gasteiger partial charge in [-0.1, -0.05) is 26.0 Å². The molecule has 2 amide bonds. The minimum Gasteiger partial charge on any atom is -0.479 e. The molecule has 12 atom stereocenters. The molecule has 0 aliphatic carbocycles. The van der Waals surface area contributed by atoms with Gasteiger partial charge in [0, 0.05) is 84.2 Å². The number of carboxylic acid groups (broad SMARTS) is 1. The zero-order valence-electron chi connectivity index (χ0n) is 67.2. The Labute approximate surface area is 679 Å². The van der Waals surface area contributed by atoms with Crippen molar-refractivity contribution in [3.63, 3.8) is 0 Å². The quantitative estimate of drug-likeness (QED) is 0.0179. The van der Waals surface area contributed by atoms with E-state index in [1.54, 1.807) is 19.9 Å². The summed E-state index contributed by atoms with van der Waals surface area (Å²) >= 11 is 0. The van der Waals surface area contributed by atoms with E-state index in [1.165, 1.54) is 44.2 Å². The van der Waals surface area contributed by atoms with Crippen LogP contribution in [0.25, 0.3) is 0 Å². The van der Waals surface area contributed by atoms with Crippen molar-refractivity contribution in [3.05, 3.63) is 58.7 Å². The zero-order chi connectivity index (χ0) is 85.5. The van der Waals surface area contributed by atoms with Gasteiger partial charge in [0.2, 0.25) is 24.4 Å². The fourth-order valence-corrected chi connectivity index (χ4v) is 11.1. The largest absolute Gasteiger partial charge is 0.479 e. The molecule has 0 saturated carbocycles. The fraction of sp³-hybridized carbons (Fsp3) is 0.718. The average molecular weight is 1680 g/mol. The Bertz CT molecular complexity index is 3220. The van der Waals surface area contributed by atoms with Crippen molar-refractivity contribution in [2.24, 2.45) is 17.7 Å². The number of hydrogen-bond donors (Lipinski definition) is 10. The number of carboxylic acids is 1. The van der Waals surface area contributed by atoms with E-state index >= 15 is 0 Å². The molecular formula is C78H121N3O36. The lowest BCUT2D eigenvalue weighted by Gasteiger charge is -2.38. The maximum atomic E-state index is 13.5. The van der Waals surface area contributed by atoms with Crippen LogP contribution in [-0.4, -0.2) is 334 Å². The third-order valence-electron chi connectivity index (χ3n) is 17.5. The van der Waals surface area contributed by atoms with Crippen LogP contribution in [0.4, 0.5) is 0 Å². The lowest BCUT2D eigenvalue weighted by molar-refractivity contribution is -0.271. The summed E-state index contributed by atoms with van der Waals surface area (Å²) in [6.07, 6.45) is -13.1. The Morgan fingerprint density at radius 1 is 0.462 bits per heavy atom. The second-order valence-corrected chi connectivity index (χ2v) is 27.3. The summed E-state index contributed by atoms with van der Waals surface area (Å²) in [5.41, 5.74) is 1.10. The van der Waals surface area contributed by atoms with Gasteiger partial charge < -0.3 is 136 Å². The summed E-state index contributed by atoms with van der Waals surface area (Å²) in [6, 6.07) is 7.93. The van der Waals surface area contributed by atoms with Crippen molar-refractivity contribution in [2.75, 3.05) is 178 Å². The third kappa shape index (κ3) is 43.6. The van der Waals surface area contributed by atoms with Gasteiger partial charge in [-0.05, 0) is 73.9 Å². The molecule has 2 saturated heterocycles. The molecule has 0 radical (unpaired) electrons. The number of ether oxygens (including phenoxy) is 18. The Kier molecular flexibility index (Phi) is 53.5. The number of aliphatic carboxylic acids is 1. The van der Waals surface area contributed by atoms with Crippen molar-refractivity contribution in [1.82, 2.24) is 10.6 Å². The maximum absolute atomic E-state index is 13.5. The van der Waals surface area contributed by atoms with Crippen molar-refractivity contribution in [2.45, 2.75) is 173 Å². The first-order valence-corrected chi connectivity index (χ1v) is 39.2. The second kappa shape index (κ2) is 61.2. The Balaban J connectivity index is 0.998. The van der Waals surface area contributed by atoms with E-state index in [0.717, 1.165) is 0 Å². The first kappa shape index (κ1) is 102. The number of Topliss-reactive ketones (excluding diaryl/α,β-unsaturated/α-hetero) is 5. The molecule has 2 heterocycles. The number of unbranched alkanes of at least 4 members (excludes halogenated alkanes) is 1. The number of carbonyl (C=O) groups excluding carboxylic acids is 9. The minimum absolute atomic E-state index is 0.00285.